The van der Waals surface area contributed by atoms with Gasteiger partial charge in [-0.25, -0.2) is 8.42 Å². The third kappa shape index (κ3) is 2.80. The smallest absolute Gasteiger partial charge is 0.244 e. The number of nitrogens with zero attached hydrogens (tertiary/aromatic N) is 3. The fraction of sp³-hybridized carbons (Fsp3) is 0.833. The summed E-state index contributed by atoms with van der Waals surface area (Å²) in [5.74, 6) is 0.950. The number of nitrogens with one attached hydrogen (secondary N) is 2. The van der Waals surface area contributed by atoms with Crippen LogP contribution in [-0.2, 0) is 14.6 Å². The van der Waals surface area contributed by atoms with Gasteiger partial charge in [0.1, 0.15) is 10.6 Å². The van der Waals surface area contributed by atoms with Gasteiger partial charge in [-0.3, -0.25) is 5.10 Å². The van der Waals surface area contributed by atoms with Crippen LogP contribution in [0.3, 0.4) is 0 Å². The molecule has 0 bridgehead atoms. The number of sulfone groups is 1. The molecule has 0 aliphatic carbocycles. The van der Waals surface area contributed by atoms with Gasteiger partial charge in [-0.15, -0.1) is 5.10 Å². The summed E-state index contributed by atoms with van der Waals surface area (Å²) in [5.41, 5.74) is 0. The van der Waals surface area contributed by atoms with Crippen LogP contribution < -0.4 is 10.2 Å². The van der Waals surface area contributed by atoms with E-state index in [-0.39, 0.29) is 0 Å². The fourth-order valence-electron chi connectivity index (χ4n) is 2.33. The zero-order valence-corrected chi connectivity index (χ0v) is 13.5. The standard InChI is InChI=1S/C12H23N5O2S/c1-8-6-17(7-9(2)13-8)11-14-10(15-16-11)12(3,4)20(5,18)19/h8-9,13H,6-7H2,1-5H3,(H,14,15,16). The van der Waals surface area contributed by atoms with Crippen LogP contribution >= 0.6 is 0 Å². The third-order valence-electron chi connectivity index (χ3n) is 3.81. The van der Waals surface area contributed by atoms with Crippen molar-refractivity contribution in [1.29, 1.82) is 0 Å². The first kappa shape index (κ1) is 15.2. The van der Waals surface area contributed by atoms with E-state index >= 15 is 0 Å². The van der Waals surface area contributed by atoms with Crippen molar-refractivity contribution in [3.05, 3.63) is 5.82 Å². The van der Waals surface area contributed by atoms with Gasteiger partial charge >= 0.3 is 0 Å². The molecule has 1 fully saturated rings. The van der Waals surface area contributed by atoms with Crippen molar-refractivity contribution in [2.75, 3.05) is 24.2 Å². The maximum Gasteiger partial charge on any atom is 0.244 e. The number of rotatable bonds is 3. The van der Waals surface area contributed by atoms with Gasteiger partial charge in [0.25, 0.3) is 0 Å². The summed E-state index contributed by atoms with van der Waals surface area (Å²) >= 11 is 0. The van der Waals surface area contributed by atoms with E-state index in [0.717, 1.165) is 13.1 Å². The molecule has 2 rings (SSSR count). The van der Waals surface area contributed by atoms with Crippen molar-refractivity contribution in [2.45, 2.75) is 44.5 Å². The van der Waals surface area contributed by atoms with Crippen molar-refractivity contribution in [3.8, 4) is 0 Å². The van der Waals surface area contributed by atoms with Crippen molar-refractivity contribution < 1.29 is 8.42 Å². The molecule has 0 saturated carbocycles. The Kier molecular flexibility index (Phi) is 3.81. The highest BCUT2D eigenvalue weighted by atomic mass is 32.2. The lowest BCUT2D eigenvalue weighted by Gasteiger charge is -2.35. The summed E-state index contributed by atoms with van der Waals surface area (Å²) in [6, 6.07) is 0.701. The van der Waals surface area contributed by atoms with E-state index in [1.54, 1.807) is 13.8 Å². The van der Waals surface area contributed by atoms with Crippen LogP contribution in [0.2, 0.25) is 0 Å². The van der Waals surface area contributed by atoms with Crippen molar-refractivity contribution in [3.63, 3.8) is 0 Å². The molecule has 0 amide bonds. The molecule has 1 aromatic rings. The van der Waals surface area contributed by atoms with Crippen LogP contribution in [0.15, 0.2) is 0 Å². The van der Waals surface area contributed by atoms with Gasteiger partial charge in [0.15, 0.2) is 9.84 Å². The molecule has 114 valence electrons. The Bertz CT molecular complexity index is 570. The number of hydrogen-bond acceptors (Lipinski definition) is 6. The van der Waals surface area contributed by atoms with E-state index in [9.17, 15) is 8.42 Å². The zero-order valence-electron chi connectivity index (χ0n) is 12.6. The molecule has 8 heteroatoms. The summed E-state index contributed by atoms with van der Waals surface area (Å²) in [5, 5.41) is 10.4. The minimum Gasteiger partial charge on any atom is -0.336 e. The van der Waals surface area contributed by atoms with E-state index in [2.05, 4.69) is 39.2 Å². The number of aromatic amines is 1. The second-order valence-corrected chi connectivity index (χ2v) is 8.71. The molecule has 1 aliphatic rings. The lowest BCUT2D eigenvalue weighted by molar-refractivity contribution is 0.403. The molecule has 2 heterocycles. The minimum absolute atomic E-state index is 0.351. The zero-order chi connectivity index (χ0) is 15.1. The van der Waals surface area contributed by atoms with Crippen LogP contribution in [-0.4, -0.2) is 55.0 Å². The summed E-state index contributed by atoms with van der Waals surface area (Å²) in [4.78, 5) is 6.47. The number of hydrogen-bond donors (Lipinski definition) is 2. The van der Waals surface area contributed by atoms with Gasteiger partial charge in [-0.2, -0.15) is 4.98 Å². The summed E-state index contributed by atoms with van der Waals surface area (Å²) in [6.45, 7) is 9.10. The number of aromatic nitrogens is 3. The largest absolute Gasteiger partial charge is 0.336 e. The van der Waals surface area contributed by atoms with Crippen LogP contribution in [0.5, 0.6) is 0 Å². The normalized spacial score (nSPS) is 24.9. The SMILES string of the molecule is CC1CN(c2n[nH]c(C(C)(C)S(C)(=O)=O)n2)CC(C)N1. The van der Waals surface area contributed by atoms with Crippen LogP contribution in [0.1, 0.15) is 33.5 Å². The Morgan fingerprint density at radius 3 is 2.30 bits per heavy atom. The van der Waals surface area contributed by atoms with E-state index < -0.39 is 14.6 Å². The summed E-state index contributed by atoms with van der Waals surface area (Å²) in [6.07, 6.45) is 1.21. The molecule has 2 N–H and O–H groups in total. The van der Waals surface area contributed by atoms with Crippen molar-refractivity contribution in [1.82, 2.24) is 20.5 Å². The number of piperazine rings is 1. The van der Waals surface area contributed by atoms with Crippen molar-refractivity contribution in [2.24, 2.45) is 0 Å². The monoisotopic (exact) mass is 301 g/mol. The molecule has 7 nitrogen and oxygen atoms in total. The Labute approximate surface area is 120 Å². The maximum atomic E-state index is 11.8. The lowest BCUT2D eigenvalue weighted by Crippen LogP contribution is -2.54. The Hall–Kier alpha value is -1.15. The van der Waals surface area contributed by atoms with E-state index in [1.807, 2.05) is 0 Å². The predicted molar refractivity (Wildman–Crippen MR) is 78.5 cm³/mol. The fourth-order valence-corrected chi connectivity index (χ4v) is 2.77. The topological polar surface area (TPSA) is 91.0 Å². The highest BCUT2D eigenvalue weighted by Gasteiger charge is 2.36. The molecule has 2 atom stereocenters. The molecule has 20 heavy (non-hydrogen) atoms. The number of H-pyrrole nitrogens is 1. The second-order valence-electron chi connectivity index (χ2n) is 6.14. The van der Waals surface area contributed by atoms with Gasteiger partial charge in [0.2, 0.25) is 5.95 Å². The predicted octanol–water partition coefficient (Wildman–Crippen LogP) is 0.271. The molecule has 1 aliphatic heterocycles. The van der Waals surface area contributed by atoms with Crippen LogP contribution in [0, 0.1) is 0 Å². The molecule has 2 unspecified atom stereocenters. The minimum atomic E-state index is -3.26. The highest BCUT2D eigenvalue weighted by Crippen LogP contribution is 2.27. The summed E-state index contributed by atoms with van der Waals surface area (Å²) in [7, 11) is -3.26. The summed E-state index contributed by atoms with van der Waals surface area (Å²) < 4.78 is 22.6. The average Bonchev–Trinajstić information content (AvgIpc) is 2.75. The maximum absolute atomic E-state index is 11.8. The second kappa shape index (κ2) is 5.00. The quantitative estimate of drug-likeness (QED) is 0.833. The molecular formula is C12H23N5O2S. The van der Waals surface area contributed by atoms with Gasteiger partial charge in [-0.1, -0.05) is 0 Å². The molecule has 0 radical (unpaired) electrons. The van der Waals surface area contributed by atoms with E-state index in [4.69, 9.17) is 0 Å². The van der Waals surface area contributed by atoms with Gasteiger partial charge in [-0.05, 0) is 27.7 Å². The third-order valence-corrected chi connectivity index (χ3v) is 5.86. The average molecular weight is 301 g/mol. The Morgan fingerprint density at radius 2 is 1.80 bits per heavy atom. The molecule has 0 spiro atoms. The lowest BCUT2D eigenvalue weighted by atomic mass is 10.1. The van der Waals surface area contributed by atoms with Crippen molar-refractivity contribution >= 4 is 15.8 Å². The number of anilines is 1. The molecule has 1 aromatic heterocycles. The highest BCUT2D eigenvalue weighted by molar-refractivity contribution is 7.91. The van der Waals surface area contributed by atoms with Gasteiger partial charge in [0.05, 0.1) is 0 Å². The van der Waals surface area contributed by atoms with Crippen LogP contribution in [0.25, 0.3) is 0 Å². The van der Waals surface area contributed by atoms with E-state index in [1.165, 1.54) is 6.26 Å². The molecular weight excluding hydrogens is 278 g/mol. The Balaban J connectivity index is 2.25. The first-order valence-corrected chi connectivity index (χ1v) is 8.64. The Morgan fingerprint density at radius 1 is 1.25 bits per heavy atom. The molecule has 0 aromatic carbocycles. The van der Waals surface area contributed by atoms with Gasteiger partial charge < -0.3 is 10.2 Å². The van der Waals surface area contributed by atoms with Gasteiger partial charge in [0, 0.05) is 31.4 Å². The first-order chi connectivity index (χ1) is 9.11. The van der Waals surface area contributed by atoms with Crippen LogP contribution in [0.4, 0.5) is 5.95 Å². The van der Waals surface area contributed by atoms with E-state index in [0.29, 0.717) is 23.9 Å². The first-order valence-electron chi connectivity index (χ1n) is 6.74. The molecule has 1 saturated heterocycles.